The maximum Gasteiger partial charge on any atom is 0.346 e. The van der Waals surface area contributed by atoms with E-state index >= 15 is 0 Å². The van der Waals surface area contributed by atoms with E-state index < -0.39 is 11.5 Å². The van der Waals surface area contributed by atoms with Crippen molar-refractivity contribution in [1.29, 1.82) is 0 Å². The topological polar surface area (TPSA) is 49.0 Å². The van der Waals surface area contributed by atoms with Gasteiger partial charge in [-0.15, -0.1) is 0 Å². The van der Waals surface area contributed by atoms with E-state index in [0.29, 0.717) is 13.1 Å². The van der Waals surface area contributed by atoms with Crippen molar-refractivity contribution in [2.45, 2.75) is 13.8 Å². The summed E-state index contributed by atoms with van der Waals surface area (Å²) in [6.07, 6.45) is 0.937. The zero-order valence-corrected chi connectivity index (χ0v) is 7.67. The molecule has 0 spiro atoms. The molecule has 0 saturated heterocycles. The van der Waals surface area contributed by atoms with E-state index in [-0.39, 0.29) is 5.82 Å². The monoisotopic (exact) mass is 185 g/mol. The molecule has 0 amide bonds. The lowest BCUT2D eigenvalue weighted by molar-refractivity contribution is 0.601. The van der Waals surface area contributed by atoms with Gasteiger partial charge in [-0.25, -0.2) is 9.18 Å². The highest BCUT2D eigenvalue weighted by atomic mass is 19.1. The maximum atomic E-state index is 13.1. The van der Waals surface area contributed by atoms with Crippen LogP contribution in [-0.4, -0.2) is 23.1 Å². The summed E-state index contributed by atoms with van der Waals surface area (Å²) >= 11 is 0. The van der Waals surface area contributed by atoms with Crippen LogP contribution in [0.25, 0.3) is 0 Å². The lowest BCUT2D eigenvalue weighted by Crippen LogP contribution is -2.27. The summed E-state index contributed by atoms with van der Waals surface area (Å²) in [7, 11) is 0. The Morgan fingerprint density at radius 2 is 2.15 bits per heavy atom. The van der Waals surface area contributed by atoms with Crippen LogP contribution in [0.1, 0.15) is 13.8 Å². The van der Waals surface area contributed by atoms with Crippen molar-refractivity contribution in [3.8, 4) is 0 Å². The molecule has 1 N–H and O–H groups in total. The number of nitrogens with zero attached hydrogens (tertiary/aromatic N) is 2. The van der Waals surface area contributed by atoms with Gasteiger partial charge in [0.1, 0.15) is 5.82 Å². The first-order valence-corrected chi connectivity index (χ1v) is 4.18. The number of nitrogens with one attached hydrogen (secondary N) is 1. The van der Waals surface area contributed by atoms with Crippen molar-refractivity contribution >= 4 is 5.82 Å². The fraction of sp³-hybridized carbons (Fsp3) is 0.500. The third-order valence-corrected chi connectivity index (χ3v) is 1.83. The molecular weight excluding hydrogens is 173 g/mol. The molecule has 1 aromatic heterocycles. The third-order valence-electron chi connectivity index (χ3n) is 1.83. The average molecular weight is 185 g/mol. The molecule has 0 radical (unpaired) electrons. The second-order valence-corrected chi connectivity index (χ2v) is 2.56. The SMILES string of the molecule is CCN(CC)c1[nH]c(=O)ncc1F. The summed E-state index contributed by atoms with van der Waals surface area (Å²) in [5.74, 6) is -0.284. The van der Waals surface area contributed by atoms with Crippen LogP contribution in [0.2, 0.25) is 0 Å². The number of H-pyrrole nitrogens is 1. The van der Waals surface area contributed by atoms with Gasteiger partial charge in [-0.05, 0) is 13.8 Å². The van der Waals surface area contributed by atoms with E-state index in [1.165, 1.54) is 0 Å². The largest absolute Gasteiger partial charge is 0.356 e. The second-order valence-electron chi connectivity index (χ2n) is 2.56. The summed E-state index contributed by atoms with van der Waals surface area (Å²) in [6, 6.07) is 0. The molecule has 1 aromatic rings. The summed E-state index contributed by atoms with van der Waals surface area (Å²) in [5, 5.41) is 0. The van der Waals surface area contributed by atoms with E-state index in [9.17, 15) is 9.18 Å². The fourth-order valence-electron chi connectivity index (χ4n) is 1.14. The van der Waals surface area contributed by atoms with Crippen molar-refractivity contribution in [1.82, 2.24) is 9.97 Å². The van der Waals surface area contributed by atoms with Gasteiger partial charge in [0, 0.05) is 13.1 Å². The summed E-state index contributed by atoms with van der Waals surface area (Å²) in [4.78, 5) is 18.2. The molecule has 0 saturated carbocycles. The van der Waals surface area contributed by atoms with Crippen LogP contribution in [0, 0.1) is 5.82 Å². The van der Waals surface area contributed by atoms with Crippen LogP contribution in [0.15, 0.2) is 11.0 Å². The van der Waals surface area contributed by atoms with Crippen LogP contribution < -0.4 is 10.6 Å². The Bertz CT molecular complexity index is 332. The van der Waals surface area contributed by atoms with Crippen LogP contribution in [-0.2, 0) is 0 Å². The Labute approximate surface area is 75.4 Å². The second kappa shape index (κ2) is 4.02. The minimum Gasteiger partial charge on any atom is -0.356 e. The van der Waals surface area contributed by atoms with E-state index in [0.717, 1.165) is 6.20 Å². The molecule has 0 aliphatic rings. The van der Waals surface area contributed by atoms with Crippen LogP contribution in [0.5, 0.6) is 0 Å². The first-order chi connectivity index (χ1) is 6.19. The maximum absolute atomic E-state index is 13.1. The lowest BCUT2D eigenvalue weighted by Gasteiger charge is -2.19. The van der Waals surface area contributed by atoms with Crippen LogP contribution in [0.3, 0.4) is 0 Å². The van der Waals surface area contributed by atoms with Crippen molar-refractivity contribution in [2.75, 3.05) is 18.0 Å². The van der Waals surface area contributed by atoms with Crippen molar-refractivity contribution in [2.24, 2.45) is 0 Å². The molecule has 13 heavy (non-hydrogen) atoms. The number of hydrogen-bond donors (Lipinski definition) is 1. The standard InChI is InChI=1S/C8H12FN3O/c1-3-12(4-2)7-6(9)5-10-8(13)11-7/h5H,3-4H2,1-2H3,(H,10,11,13). The number of halogens is 1. The minimum absolute atomic E-state index is 0.213. The molecule has 1 rings (SSSR count). The van der Waals surface area contributed by atoms with Gasteiger partial charge in [0.05, 0.1) is 6.20 Å². The van der Waals surface area contributed by atoms with E-state index in [1.807, 2.05) is 13.8 Å². The molecule has 0 bridgehead atoms. The highest BCUT2D eigenvalue weighted by molar-refractivity contribution is 5.37. The van der Waals surface area contributed by atoms with E-state index in [2.05, 4.69) is 9.97 Å². The Morgan fingerprint density at radius 1 is 1.54 bits per heavy atom. The van der Waals surface area contributed by atoms with Gasteiger partial charge < -0.3 is 4.90 Å². The normalized spacial score (nSPS) is 10.1. The molecule has 0 unspecified atom stereocenters. The highest BCUT2D eigenvalue weighted by Gasteiger charge is 2.08. The van der Waals surface area contributed by atoms with Gasteiger partial charge in [0.15, 0.2) is 5.82 Å². The van der Waals surface area contributed by atoms with E-state index in [4.69, 9.17) is 0 Å². The molecule has 0 aliphatic carbocycles. The van der Waals surface area contributed by atoms with Gasteiger partial charge in [0.2, 0.25) is 0 Å². The van der Waals surface area contributed by atoms with Crippen molar-refractivity contribution in [3.63, 3.8) is 0 Å². The zero-order valence-electron chi connectivity index (χ0n) is 7.67. The number of aromatic nitrogens is 2. The Balaban J connectivity index is 3.11. The third kappa shape index (κ3) is 2.05. The number of anilines is 1. The number of hydrogen-bond acceptors (Lipinski definition) is 3. The summed E-state index contributed by atoms with van der Waals surface area (Å²) < 4.78 is 13.1. The molecule has 0 fully saturated rings. The van der Waals surface area contributed by atoms with Gasteiger partial charge in [-0.1, -0.05) is 0 Å². The van der Waals surface area contributed by atoms with Crippen LogP contribution >= 0.6 is 0 Å². The minimum atomic E-state index is -0.525. The molecule has 0 aromatic carbocycles. The molecule has 5 heteroatoms. The first-order valence-electron chi connectivity index (χ1n) is 4.18. The van der Waals surface area contributed by atoms with Crippen molar-refractivity contribution < 1.29 is 4.39 Å². The lowest BCUT2D eigenvalue weighted by atomic mass is 10.4. The molecule has 4 nitrogen and oxygen atoms in total. The average Bonchev–Trinajstić information content (AvgIpc) is 2.13. The smallest absolute Gasteiger partial charge is 0.346 e. The highest BCUT2D eigenvalue weighted by Crippen LogP contribution is 2.11. The van der Waals surface area contributed by atoms with Gasteiger partial charge in [-0.3, -0.25) is 4.98 Å². The Morgan fingerprint density at radius 3 is 2.69 bits per heavy atom. The van der Waals surface area contributed by atoms with Gasteiger partial charge >= 0.3 is 5.69 Å². The molecule has 0 aliphatic heterocycles. The van der Waals surface area contributed by atoms with E-state index in [1.54, 1.807) is 4.90 Å². The number of rotatable bonds is 3. The zero-order chi connectivity index (χ0) is 9.84. The Hall–Kier alpha value is -1.39. The van der Waals surface area contributed by atoms with Gasteiger partial charge in [-0.2, -0.15) is 4.98 Å². The predicted molar refractivity (Wildman–Crippen MR) is 48.4 cm³/mol. The quantitative estimate of drug-likeness (QED) is 0.756. The van der Waals surface area contributed by atoms with Gasteiger partial charge in [0.25, 0.3) is 0 Å². The van der Waals surface area contributed by atoms with Crippen molar-refractivity contribution in [3.05, 3.63) is 22.5 Å². The summed E-state index contributed by atoms with van der Waals surface area (Å²) in [5.41, 5.74) is -0.525. The number of aromatic amines is 1. The molecular formula is C8H12FN3O. The molecule has 72 valence electrons. The van der Waals surface area contributed by atoms with Crippen LogP contribution in [0.4, 0.5) is 10.2 Å². The summed E-state index contributed by atoms with van der Waals surface area (Å²) in [6.45, 7) is 5.07. The fourth-order valence-corrected chi connectivity index (χ4v) is 1.14. The molecule has 1 heterocycles. The first kappa shape index (κ1) is 9.70. The predicted octanol–water partition coefficient (Wildman–Crippen LogP) is 0.755. The molecule has 0 atom stereocenters. The Kier molecular flexibility index (Phi) is 3.00.